The maximum absolute atomic E-state index is 12.1. The predicted molar refractivity (Wildman–Crippen MR) is 83.4 cm³/mol. The fourth-order valence-electron chi connectivity index (χ4n) is 3.32. The van der Waals surface area contributed by atoms with E-state index in [4.69, 9.17) is 4.74 Å². The highest BCUT2D eigenvalue weighted by molar-refractivity contribution is 5.67. The molecule has 2 heterocycles. The van der Waals surface area contributed by atoms with Crippen LogP contribution in [0.15, 0.2) is 30.3 Å². The molecule has 5 heteroatoms. The Balaban J connectivity index is 1.42. The van der Waals surface area contributed by atoms with E-state index in [-0.39, 0.29) is 12.2 Å². The van der Waals surface area contributed by atoms with Gasteiger partial charge in [-0.05, 0) is 24.8 Å². The second-order valence-electron chi connectivity index (χ2n) is 6.20. The summed E-state index contributed by atoms with van der Waals surface area (Å²) in [5.41, 5.74) is 1.01. The maximum Gasteiger partial charge on any atom is 0.410 e. The molecule has 2 fully saturated rings. The van der Waals surface area contributed by atoms with Gasteiger partial charge in [-0.1, -0.05) is 30.3 Å². The number of ether oxygens (including phenoxy) is 1. The van der Waals surface area contributed by atoms with Crippen LogP contribution in [0.5, 0.6) is 0 Å². The zero-order valence-corrected chi connectivity index (χ0v) is 12.9. The molecule has 1 unspecified atom stereocenters. The van der Waals surface area contributed by atoms with E-state index in [1.54, 1.807) is 4.90 Å². The number of benzene rings is 1. The molecule has 1 aromatic rings. The zero-order chi connectivity index (χ0) is 15.4. The number of rotatable bonds is 3. The molecule has 1 N–H and O–H groups in total. The number of piperidine rings is 1. The van der Waals surface area contributed by atoms with Crippen molar-refractivity contribution in [2.24, 2.45) is 0 Å². The Labute approximate surface area is 131 Å². The van der Waals surface area contributed by atoms with Gasteiger partial charge in [-0.2, -0.15) is 0 Å². The second-order valence-corrected chi connectivity index (χ2v) is 6.20. The highest BCUT2D eigenvalue weighted by Crippen LogP contribution is 2.21. The Morgan fingerprint density at radius 3 is 2.50 bits per heavy atom. The number of hydrogen-bond donors (Lipinski definition) is 1. The van der Waals surface area contributed by atoms with Crippen LogP contribution in [0.25, 0.3) is 0 Å². The minimum absolute atomic E-state index is 0.172. The molecule has 1 amide bonds. The van der Waals surface area contributed by atoms with Gasteiger partial charge in [-0.3, -0.25) is 4.90 Å². The Kier molecular flexibility index (Phi) is 4.95. The molecule has 3 rings (SSSR count). The van der Waals surface area contributed by atoms with Crippen molar-refractivity contribution in [3.63, 3.8) is 0 Å². The summed E-state index contributed by atoms with van der Waals surface area (Å²) in [6.45, 7) is 3.57. The van der Waals surface area contributed by atoms with Crippen LogP contribution in [-0.2, 0) is 11.3 Å². The van der Waals surface area contributed by atoms with Crippen LogP contribution in [0.1, 0.15) is 24.8 Å². The number of hydrogen-bond acceptors (Lipinski definition) is 4. The third-order valence-electron chi connectivity index (χ3n) is 4.64. The Bertz CT molecular complexity index is 486. The van der Waals surface area contributed by atoms with E-state index in [0.717, 1.165) is 51.0 Å². The summed E-state index contributed by atoms with van der Waals surface area (Å²) in [5, 5.41) is 9.62. The molecular formula is C17H24N2O3. The number of carbonyl (C=O) groups excluding carboxylic acids is 1. The summed E-state index contributed by atoms with van der Waals surface area (Å²) in [5.74, 6) is 0. The van der Waals surface area contributed by atoms with Gasteiger partial charge in [-0.25, -0.2) is 4.79 Å². The number of likely N-dealkylation sites (tertiary alicyclic amines) is 2. The molecule has 2 aliphatic heterocycles. The first-order valence-corrected chi connectivity index (χ1v) is 8.10. The lowest BCUT2D eigenvalue weighted by atomic mass is 10.0. The summed E-state index contributed by atoms with van der Waals surface area (Å²) >= 11 is 0. The molecule has 120 valence electrons. The number of aliphatic hydroxyl groups is 1. The summed E-state index contributed by atoms with van der Waals surface area (Å²) in [4.78, 5) is 16.3. The van der Waals surface area contributed by atoms with Crippen LogP contribution in [-0.4, -0.2) is 59.3 Å². The van der Waals surface area contributed by atoms with E-state index in [9.17, 15) is 9.90 Å². The number of aliphatic hydroxyl groups excluding tert-OH is 1. The van der Waals surface area contributed by atoms with Crippen molar-refractivity contribution in [1.82, 2.24) is 9.80 Å². The maximum atomic E-state index is 12.1. The van der Waals surface area contributed by atoms with E-state index in [1.807, 2.05) is 30.3 Å². The highest BCUT2D eigenvalue weighted by atomic mass is 16.6. The zero-order valence-electron chi connectivity index (χ0n) is 12.9. The van der Waals surface area contributed by atoms with E-state index in [2.05, 4.69) is 4.90 Å². The van der Waals surface area contributed by atoms with Gasteiger partial charge >= 0.3 is 6.09 Å². The third-order valence-corrected chi connectivity index (χ3v) is 4.64. The third kappa shape index (κ3) is 3.78. The second kappa shape index (κ2) is 7.11. The average Bonchev–Trinajstić information content (AvgIpc) is 3.00. The molecule has 1 aromatic carbocycles. The SMILES string of the molecule is O=C(OCc1ccccc1)N1CCC(N2CCC(O)C2)CC1. The molecule has 0 saturated carbocycles. The smallest absolute Gasteiger partial charge is 0.410 e. The lowest BCUT2D eigenvalue weighted by Gasteiger charge is -2.36. The summed E-state index contributed by atoms with van der Waals surface area (Å²) in [6, 6.07) is 10.2. The molecular weight excluding hydrogens is 280 g/mol. The van der Waals surface area contributed by atoms with Gasteiger partial charge in [0.2, 0.25) is 0 Å². The Morgan fingerprint density at radius 1 is 1.14 bits per heavy atom. The van der Waals surface area contributed by atoms with Gasteiger partial charge in [0.25, 0.3) is 0 Å². The van der Waals surface area contributed by atoms with Crippen LogP contribution in [0.2, 0.25) is 0 Å². The summed E-state index contributed by atoms with van der Waals surface area (Å²) in [7, 11) is 0. The topological polar surface area (TPSA) is 53.0 Å². The van der Waals surface area contributed by atoms with Crippen molar-refractivity contribution in [2.45, 2.75) is 38.0 Å². The van der Waals surface area contributed by atoms with Crippen LogP contribution in [0, 0.1) is 0 Å². The lowest BCUT2D eigenvalue weighted by Crippen LogP contribution is -2.46. The molecule has 0 bridgehead atoms. The minimum Gasteiger partial charge on any atom is -0.445 e. The number of carbonyl (C=O) groups is 1. The van der Waals surface area contributed by atoms with E-state index >= 15 is 0 Å². The van der Waals surface area contributed by atoms with Crippen LogP contribution in [0.4, 0.5) is 4.79 Å². The van der Waals surface area contributed by atoms with Crippen molar-refractivity contribution < 1.29 is 14.6 Å². The average molecular weight is 304 g/mol. The van der Waals surface area contributed by atoms with Gasteiger partial charge < -0.3 is 14.7 Å². The highest BCUT2D eigenvalue weighted by Gasteiger charge is 2.31. The van der Waals surface area contributed by atoms with Crippen LogP contribution in [0.3, 0.4) is 0 Å². The van der Waals surface area contributed by atoms with Crippen molar-refractivity contribution in [2.75, 3.05) is 26.2 Å². The van der Waals surface area contributed by atoms with Crippen molar-refractivity contribution in [1.29, 1.82) is 0 Å². The van der Waals surface area contributed by atoms with Gasteiger partial charge in [0.05, 0.1) is 6.10 Å². The standard InChI is InChI=1S/C17H24N2O3/c20-16-8-11-19(12-16)15-6-9-18(10-7-15)17(21)22-13-14-4-2-1-3-5-14/h1-5,15-16,20H,6-13H2. The first-order valence-electron chi connectivity index (χ1n) is 8.10. The lowest BCUT2D eigenvalue weighted by molar-refractivity contribution is 0.0693. The van der Waals surface area contributed by atoms with E-state index in [0.29, 0.717) is 12.6 Å². The first-order chi connectivity index (χ1) is 10.7. The molecule has 2 aliphatic rings. The summed E-state index contributed by atoms with van der Waals surface area (Å²) in [6.07, 6.45) is 2.41. The van der Waals surface area contributed by atoms with Crippen molar-refractivity contribution in [3.8, 4) is 0 Å². The number of β-amino-alcohol motifs (C(OH)–C–C–N with tert-alkyl or cyclic N) is 1. The van der Waals surface area contributed by atoms with E-state index < -0.39 is 0 Å². The normalized spacial score (nSPS) is 23.7. The molecule has 0 spiro atoms. The van der Waals surface area contributed by atoms with Crippen LogP contribution < -0.4 is 0 Å². The largest absolute Gasteiger partial charge is 0.445 e. The van der Waals surface area contributed by atoms with Gasteiger partial charge in [0.15, 0.2) is 0 Å². The van der Waals surface area contributed by atoms with Crippen LogP contribution >= 0.6 is 0 Å². The fraction of sp³-hybridized carbons (Fsp3) is 0.588. The molecule has 0 radical (unpaired) electrons. The monoisotopic (exact) mass is 304 g/mol. The molecule has 1 atom stereocenters. The molecule has 5 nitrogen and oxygen atoms in total. The van der Waals surface area contributed by atoms with Gasteiger partial charge in [-0.15, -0.1) is 0 Å². The Hall–Kier alpha value is -1.59. The number of amides is 1. The van der Waals surface area contributed by atoms with E-state index in [1.165, 1.54) is 0 Å². The minimum atomic E-state index is -0.219. The van der Waals surface area contributed by atoms with Gasteiger partial charge in [0, 0.05) is 32.2 Å². The predicted octanol–water partition coefficient (Wildman–Crippen LogP) is 1.85. The first kappa shape index (κ1) is 15.3. The van der Waals surface area contributed by atoms with Crippen molar-refractivity contribution in [3.05, 3.63) is 35.9 Å². The summed E-state index contributed by atoms with van der Waals surface area (Å²) < 4.78 is 5.38. The molecule has 2 saturated heterocycles. The van der Waals surface area contributed by atoms with Gasteiger partial charge in [0.1, 0.15) is 6.61 Å². The fourth-order valence-corrected chi connectivity index (χ4v) is 3.32. The van der Waals surface area contributed by atoms with Crippen molar-refractivity contribution >= 4 is 6.09 Å². The molecule has 0 aliphatic carbocycles. The molecule has 22 heavy (non-hydrogen) atoms. The number of nitrogens with zero attached hydrogens (tertiary/aromatic N) is 2. The Morgan fingerprint density at radius 2 is 1.86 bits per heavy atom. The molecule has 0 aromatic heterocycles. The quantitative estimate of drug-likeness (QED) is 0.926.